The molecule has 1 aliphatic carbocycles. The van der Waals surface area contributed by atoms with Crippen LogP contribution in [0.5, 0.6) is 0 Å². The normalized spacial score (nSPS) is 25.4. The highest BCUT2D eigenvalue weighted by atomic mass is 79.9. The van der Waals surface area contributed by atoms with Crippen LogP contribution in [0.4, 0.5) is 0 Å². The molecule has 0 aromatic heterocycles. The van der Waals surface area contributed by atoms with Crippen molar-refractivity contribution in [3.05, 3.63) is 44.9 Å². The van der Waals surface area contributed by atoms with Gasteiger partial charge in [-0.05, 0) is 101 Å². The van der Waals surface area contributed by atoms with Crippen LogP contribution < -0.4 is 0 Å². The molecule has 0 unspecified atom stereocenters. The molecule has 3 rings (SSSR count). The largest absolute Gasteiger partial charge is 0.409 e. The number of ether oxygens (including phenoxy) is 2. The van der Waals surface area contributed by atoms with E-state index in [1.54, 1.807) is 0 Å². The third kappa shape index (κ3) is 8.68. The van der Waals surface area contributed by atoms with Crippen molar-refractivity contribution >= 4 is 32.6 Å². The van der Waals surface area contributed by atoms with Crippen molar-refractivity contribution in [2.45, 2.75) is 148 Å². The van der Waals surface area contributed by atoms with E-state index in [2.05, 4.69) is 140 Å². The highest BCUT2D eigenvalue weighted by molar-refractivity contribution is 9.12. The van der Waals surface area contributed by atoms with Gasteiger partial charge in [-0.2, -0.15) is 0 Å². The quantitative estimate of drug-likeness (QED) is 0.172. The summed E-state index contributed by atoms with van der Waals surface area (Å²) in [4.78, 5) is 0. The topological polar surface area (TPSA) is 57.2 Å². The minimum absolute atomic E-state index is 0.146. The standard InChI is InChI=1S/C38H55BrO5Si2/c1-12-45(13-2,27(5)6)43-33-19-17-16-18-20-34(44-46(14-3,15-4)28(7)8)38(40,22-21-32(39)25-33)35-26-41-37(42-35)36-30(10)23-29(9)24-31(36)11/h23-25,27-28,33-35,37,40H,12-15,19,26H2,1-11H3/t33-,34+,35-,37+,38+/m0/s1. The number of benzene rings is 1. The molecule has 0 radical (unpaired) electrons. The zero-order chi connectivity index (χ0) is 34.3. The zero-order valence-electron chi connectivity index (χ0n) is 29.9. The van der Waals surface area contributed by atoms with Crippen molar-refractivity contribution in [2.24, 2.45) is 0 Å². The lowest BCUT2D eigenvalue weighted by atomic mass is 9.91. The van der Waals surface area contributed by atoms with Crippen LogP contribution in [0.1, 0.15) is 90.4 Å². The maximum absolute atomic E-state index is 12.7. The minimum atomic E-state index is -2.33. The fraction of sp³-hybridized carbons (Fsp3) is 0.632. The molecule has 0 spiro atoms. The molecule has 252 valence electrons. The van der Waals surface area contributed by atoms with Gasteiger partial charge in [0.05, 0.1) is 17.2 Å². The van der Waals surface area contributed by atoms with E-state index in [0.29, 0.717) is 22.0 Å². The highest BCUT2D eigenvalue weighted by Crippen LogP contribution is 2.40. The highest BCUT2D eigenvalue weighted by Gasteiger charge is 2.52. The van der Waals surface area contributed by atoms with Gasteiger partial charge in [-0.15, -0.1) is 0 Å². The average Bonchev–Trinajstić information content (AvgIpc) is 3.49. The van der Waals surface area contributed by atoms with Gasteiger partial charge in [0.2, 0.25) is 0 Å². The van der Waals surface area contributed by atoms with Gasteiger partial charge in [-0.1, -0.05) is 96.8 Å². The minimum Gasteiger partial charge on any atom is -0.409 e. The first kappa shape index (κ1) is 38.8. The summed E-state index contributed by atoms with van der Waals surface area (Å²) in [6.45, 7) is 24.1. The molecule has 8 heteroatoms. The van der Waals surface area contributed by atoms with Crippen LogP contribution in [0.3, 0.4) is 0 Å². The van der Waals surface area contributed by atoms with E-state index in [1.165, 1.54) is 5.56 Å². The maximum Gasteiger partial charge on any atom is 0.196 e. The van der Waals surface area contributed by atoms with Crippen molar-refractivity contribution < 1.29 is 23.4 Å². The fourth-order valence-corrected chi connectivity index (χ4v) is 14.3. The first-order valence-electron chi connectivity index (χ1n) is 17.0. The Labute approximate surface area is 290 Å². The molecule has 46 heavy (non-hydrogen) atoms. The van der Waals surface area contributed by atoms with Crippen molar-refractivity contribution in [3.63, 3.8) is 0 Å². The van der Waals surface area contributed by atoms with Crippen LogP contribution in [-0.4, -0.2) is 52.3 Å². The Balaban J connectivity index is 2.14. The van der Waals surface area contributed by atoms with Gasteiger partial charge in [0.15, 0.2) is 34.6 Å². The molecule has 1 aliphatic heterocycles. The summed E-state index contributed by atoms with van der Waals surface area (Å²) in [6.07, 6.45) is -0.125. The number of aryl methyl sites for hydroxylation is 3. The van der Waals surface area contributed by atoms with Crippen LogP contribution in [0.25, 0.3) is 0 Å². The average molecular weight is 728 g/mol. The van der Waals surface area contributed by atoms with Gasteiger partial charge < -0.3 is 23.4 Å². The molecule has 2 aliphatic rings. The van der Waals surface area contributed by atoms with Crippen LogP contribution in [-0.2, 0) is 18.3 Å². The van der Waals surface area contributed by atoms with E-state index in [-0.39, 0.29) is 12.7 Å². The van der Waals surface area contributed by atoms with E-state index in [0.717, 1.165) is 40.9 Å². The van der Waals surface area contributed by atoms with Crippen molar-refractivity contribution in [1.29, 1.82) is 0 Å². The van der Waals surface area contributed by atoms with E-state index < -0.39 is 40.7 Å². The van der Waals surface area contributed by atoms with Gasteiger partial charge in [0.1, 0.15) is 6.10 Å². The molecule has 1 fully saturated rings. The third-order valence-corrected chi connectivity index (χ3v) is 21.1. The summed E-state index contributed by atoms with van der Waals surface area (Å²) in [6, 6.07) is 8.08. The van der Waals surface area contributed by atoms with Gasteiger partial charge in [0.25, 0.3) is 0 Å². The van der Waals surface area contributed by atoms with Crippen LogP contribution in [0.2, 0.25) is 35.3 Å². The van der Waals surface area contributed by atoms with Crippen molar-refractivity contribution in [1.82, 2.24) is 0 Å². The first-order valence-corrected chi connectivity index (χ1v) is 22.6. The number of rotatable bonds is 12. The number of aliphatic hydroxyl groups is 1. The summed E-state index contributed by atoms with van der Waals surface area (Å²) in [5.74, 6) is 19.0. The van der Waals surface area contributed by atoms with E-state index in [9.17, 15) is 5.11 Å². The van der Waals surface area contributed by atoms with Gasteiger partial charge in [-0.25, -0.2) is 0 Å². The lowest BCUT2D eigenvalue weighted by Crippen LogP contribution is -2.57. The van der Waals surface area contributed by atoms with Gasteiger partial charge in [0, 0.05) is 12.0 Å². The lowest BCUT2D eigenvalue weighted by Gasteiger charge is -2.41. The third-order valence-electron chi connectivity index (χ3n) is 10.2. The number of hydrogen-bond acceptors (Lipinski definition) is 5. The molecule has 1 heterocycles. The molecular formula is C38H55BrO5Si2. The van der Waals surface area contributed by atoms with Crippen LogP contribution in [0, 0.1) is 56.3 Å². The van der Waals surface area contributed by atoms with Crippen LogP contribution in [0.15, 0.2) is 22.7 Å². The molecule has 0 amide bonds. The summed E-state index contributed by atoms with van der Waals surface area (Å²) in [5, 5.41) is 12.7. The SMILES string of the molecule is CC[Si](CC)(O[C@@H]1C=C(Br)C#C[C@](O)([C@@H]2CO[C@@H](c3c(C)cc(C)cc3C)O2)[C@H](O[Si](CC)(CC)C(C)C)C#CC#CC1)C(C)C. The summed E-state index contributed by atoms with van der Waals surface area (Å²) >= 11 is 3.70. The lowest BCUT2D eigenvalue weighted by molar-refractivity contribution is -0.123. The maximum atomic E-state index is 12.7. The zero-order valence-corrected chi connectivity index (χ0v) is 33.5. The second-order valence-corrected chi connectivity index (χ2v) is 24.2. The summed E-state index contributed by atoms with van der Waals surface area (Å²) < 4.78 is 27.4. The van der Waals surface area contributed by atoms with E-state index in [4.69, 9.17) is 18.3 Å². The Kier molecular flexibility index (Phi) is 14.0. The van der Waals surface area contributed by atoms with E-state index >= 15 is 0 Å². The second kappa shape index (κ2) is 16.6. The summed E-state index contributed by atoms with van der Waals surface area (Å²) in [5.41, 5.74) is 3.32. The Morgan fingerprint density at radius 1 is 0.935 bits per heavy atom. The monoisotopic (exact) mass is 726 g/mol. The van der Waals surface area contributed by atoms with Crippen molar-refractivity contribution in [3.8, 4) is 35.5 Å². The molecule has 5 nitrogen and oxygen atoms in total. The number of hydrogen-bond donors (Lipinski definition) is 1. The molecular weight excluding hydrogens is 672 g/mol. The summed E-state index contributed by atoms with van der Waals surface area (Å²) in [7, 11) is -4.34. The van der Waals surface area contributed by atoms with Crippen molar-refractivity contribution in [2.75, 3.05) is 6.61 Å². The Morgan fingerprint density at radius 3 is 2.04 bits per heavy atom. The molecule has 1 aromatic carbocycles. The smallest absolute Gasteiger partial charge is 0.196 e. The molecule has 0 bridgehead atoms. The Morgan fingerprint density at radius 2 is 1.50 bits per heavy atom. The molecule has 1 N–H and O–H groups in total. The second-order valence-electron chi connectivity index (χ2n) is 13.5. The first-order chi connectivity index (χ1) is 21.7. The number of allylic oxidation sites excluding steroid dienone is 1. The Bertz CT molecular complexity index is 1400. The van der Waals surface area contributed by atoms with Gasteiger partial charge in [-0.3, -0.25) is 0 Å². The fourth-order valence-electron chi connectivity index (χ4n) is 6.96. The van der Waals surface area contributed by atoms with Gasteiger partial charge >= 0.3 is 0 Å². The molecule has 1 aromatic rings. The number of halogens is 1. The molecule has 5 atom stereocenters. The Hall–Kier alpha value is -1.65. The van der Waals surface area contributed by atoms with E-state index in [1.807, 2.05) is 6.08 Å². The molecule has 0 saturated carbocycles. The molecule has 1 saturated heterocycles. The predicted molar refractivity (Wildman–Crippen MR) is 197 cm³/mol. The van der Waals surface area contributed by atoms with Crippen LogP contribution >= 0.6 is 15.9 Å². The predicted octanol–water partition coefficient (Wildman–Crippen LogP) is 9.01.